The van der Waals surface area contributed by atoms with E-state index in [1.807, 2.05) is 0 Å². The van der Waals surface area contributed by atoms with Crippen molar-refractivity contribution in [3.8, 4) is 0 Å². The van der Waals surface area contributed by atoms with Gasteiger partial charge in [-0.2, -0.15) is 0 Å². The predicted molar refractivity (Wildman–Crippen MR) is 77.6 cm³/mol. The SMILES string of the molecule is CC1=CCCC2=C1Cc1cc3ccccc3cc12. The number of rotatable bonds is 0. The molecule has 0 unspecified atom stereocenters. The molecule has 2 aliphatic carbocycles. The lowest BCUT2D eigenvalue weighted by Crippen LogP contribution is -1.93. The van der Waals surface area contributed by atoms with Crippen LogP contribution >= 0.6 is 0 Å². The van der Waals surface area contributed by atoms with E-state index in [-0.39, 0.29) is 0 Å². The molecule has 0 amide bonds. The summed E-state index contributed by atoms with van der Waals surface area (Å²) in [4.78, 5) is 0. The van der Waals surface area contributed by atoms with Crippen LogP contribution in [0.2, 0.25) is 0 Å². The third kappa shape index (κ3) is 1.32. The summed E-state index contributed by atoms with van der Waals surface area (Å²) in [6.45, 7) is 2.26. The van der Waals surface area contributed by atoms with E-state index in [1.54, 1.807) is 11.1 Å². The second-order valence-corrected chi connectivity index (χ2v) is 5.42. The topological polar surface area (TPSA) is 0 Å². The van der Waals surface area contributed by atoms with E-state index in [9.17, 15) is 0 Å². The molecule has 0 heterocycles. The fraction of sp³-hybridized carbons (Fsp3) is 0.222. The number of hydrogen-bond donors (Lipinski definition) is 0. The Morgan fingerprint density at radius 2 is 1.72 bits per heavy atom. The number of allylic oxidation sites excluding steroid dienone is 4. The van der Waals surface area contributed by atoms with E-state index in [2.05, 4.69) is 49.4 Å². The molecular formula is C18H16. The van der Waals surface area contributed by atoms with Gasteiger partial charge in [-0.1, -0.05) is 42.0 Å². The summed E-state index contributed by atoms with van der Waals surface area (Å²) >= 11 is 0. The highest BCUT2D eigenvalue weighted by Gasteiger charge is 2.24. The van der Waals surface area contributed by atoms with E-state index >= 15 is 0 Å². The molecule has 0 saturated carbocycles. The molecular weight excluding hydrogens is 216 g/mol. The highest BCUT2D eigenvalue weighted by atomic mass is 14.3. The number of fused-ring (bicyclic) bond motifs is 3. The third-order valence-corrected chi connectivity index (χ3v) is 4.35. The summed E-state index contributed by atoms with van der Waals surface area (Å²) in [6, 6.07) is 13.5. The van der Waals surface area contributed by atoms with Crippen molar-refractivity contribution in [2.45, 2.75) is 26.2 Å². The van der Waals surface area contributed by atoms with Crippen LogP contribution in [0.25, 0.3) is 16.3 Å². The van der Waals surface area contributed by atoms with Crippen LogP contribution in [0.1, 0.15) is 30.9 Å². The van der Waals surface area contributed by atoms with Gasteiger partial charge in [0, 0.05) is 0 Å². The molecule has 2 aromatic carbocycles. The molecule has 0 saturated heterocycles. The molecule has 0 heteroatoms. The molecule has 0 fully saturated rings. The van der Waals surface area contributed by atoms with Gasteiger partial charge < -0.3 is 0 Å². The lowest BCUT2D eigenvalue weighted by atomic mass is 9.92. The van der Waals surface area contributed by atoms with Crippen molar-refractivity contribution in [1.82, 2.24) is 0 Å². The highest BCUT2D eigenvalue weighted by molar-refractivity contribution is 5.91. The zero-order valence-electron chi connectivity index (χ0n) is 10.7. The second kappa shape index (κ2) is 3.58. The van der Waals surface area contributed by atoms with Crippen LogP contribution in [-0.4, -0.2) is 0 Å². The first kappa shape index (κ1) is 10.1. The van der Waals surface area contributed by atoms with Gasteiger partial charge in [0.1, 0.15) is 0 Å². The van der Waals surface area contributed by atoms with E-state index in [0.717, 1.165) is 6.42 Å². The van der Waals surface area contributed by atoms with Crippen molar-refractivity contribution in [1.29, 1.82) is 0 Å². The molecule has 0 atom stereocenters. The summed E-state index contributed by atoms with van der Waals surface area (Å²) in [6.07, 6.45) is 5.96. The lowest BCUT2D eigenvalue weighted by Gasteiger charge is -2.13. The Labute approximate surface area is 108 Å². The third-order valence-electron chi connectivity index (χ3n) is 4.35. The molecule has 18 heavy (non-hydrogen) atoms. The van der Waals surface area contributed by atoms with Gasteiger partial charge in [-0.25, -0.2) is 0 Å². The molecule has 0 radical (unpaired) electrons. The average molecular weight is 232 g/mol. The van der Waals surface area contributed by atoms with Crippen molar-refractivity contribution < 1.29 is 0 Å². The standard InChI is InChI=1S/C18H16/c1-12-5-4-8-16-17(12)11-15-9-13-6-2-3-7-14(13)10-18(15)16/h2-3,5-7,9-10H,4,8,11H2,1H3. The number of hydrogen-bond acceptors (Lipinski definition) is 0. The zero-order chi connectivity index (χ0) is 12.1. The fourth-order valence-electron chi connectivity index (χ4n) is 3.39. The molecule has 2 aliphatic rings. The summed E-state index contributed by atoms with van der Waals surface area (Å²) in [5.74, 6) is 0. The Bertz CT molecular complexity index is 714. The van der Waals surface area contributed by atoms with Gasteiger partial charge in [0.25, 0.3) is 0 Å². The molecule has 0 spiro atoms. The van der Waals surface area contributed by atoms with E-state index in [1.165, 1.54) is 40.3 Å². The molecule has 0 aromatic heterocycles. The van der Waals surface area contributed by atoms with Gasteiger partial charge in [-0.15, -0.1) is 0 Å². The summed E-state index contributed by atoms with van der Waals surface area (Å²) in [5.41, 5.74) is 7.73. The molecule has 0 nitrogen and oxygen atoms in total. The maximum atomic E-state index is 2.39. The van der Waals surface area contributed by atoms with Crippen LogP contribution in [-0.2, 0) is 6.42 Å². The second-order valence-electron chi connectivity index (χ2n) is 5.42. The summed E-state index contributed by atoms with van der Waals surface area (Å²) < 4.78 is 0. The Balaban J connectivity index is 1.97. The maximum Gasteiger partial charge on any atom is -0.00140 e. The molecule has 0 bridgehead atoms. The first-order chi connectivity index (χ1) is 8.83. The van der Waals surface area contributed by atoms with Crippen molar-refractivity contribution in [2.24, 2.45) is 0 Å². The van der Waals surface area contributed by atoms with Crippen LogP contribution in [0.3, 0.4) is 0 Å². The van der Waals surface area contributed by atoms with Crippen LogP contribution < -0.4 is 0 Å². The van der Waals surface area contributed by atoms with Crippen LogP contribution in [0.15, 0.2) is 53.6 Å². The van der Waals surface area contributed by atoms with Gasteiger partial charge in [-0.3, -0.25) is 0 Å². The highest BCUT2D eigenvalue weighted by Crippen LogP contribution is 2.42. The van der Waals surface area contributed by atoms with Gasteiger partial charge in [0.15, 0.2) is 0 Å². The maximum absolute atomic E-state index is 2.39. The number of benzene rings is 2. The Morgan fingerprint density at radius 3 is 2.56 bits per heavy atom. The van der Waals surface area contributed by atoms with Gasteiger partial charge in [0.05, 0.1) is 0 Å². The quantitative estimate of drug-likeness (QED) is 0.606. The fourth-order valence-corrected chi connectivity index (χ4v) is 3.39. The smallest absolute Gasteiger partial charge is 0.00140 e. The van der Waals surface area contributed by atoms with Crippen molar-refractivity contribution in [3.63, 3.8) is 0 Å². The first-order valence-corrected chi connectivity index (χ1v) is 6.74. The van der Waals surface area contributed by atoms with Crippen LogP contribution in [0.5, 0.6) is 0 Å². The van der Waals surface area contributed by atoms with Gasteiger partial charge in [-0.05, 0) is 65.3 Å². The molecule has 0 aliphatic heterocycles. The minimum Gasteiger partial charge on any atom is -0.0810 e. The first-order valence-electron chi connectivity index (χ1n) is 6.74. The van der Waals surface area contributed by atoms with E-state index in [0.29, 0.717) is 0 Å². The Morgan fingerprint density at radius 1 is 0.944 bits per heavy atom. The minimum atomic E-state index is 1.14. The largest absolute Gasteiger partial charge is 0.0810 e. The van der Waals surface area contributed by atoms with Crippen LogP contribution in [0.4, 0.5) is 0 Å². The lowest BCUT2D eigenvalue weighted by molar-refractivity contribution is 1.01. The zero-order valence-corrected chi connectivity index (χ0v) is 10.7. The van der Waals surface area contributed by atoms with Gasteiger partial charge >= 0.3 is 0 Å². The van der Waals surface area contributed by atoms with E-state index in [4.69, 9.17) is 0 Å². The summed E-state index contributed by atoms with van der Waals surface area (Å²) in [5, 5.41) is 2.75. The monoisotopic (exact) mass is 232 g/mol. The molecule has 88 valence electrons. The Kier molecular flexibility index (Phi) is 2.02. The molecule has 0 N–H and O–H groups in total. The predicted octanol–water partition coefficient (Wildman–Crippen LogP) is 4.89. The molecule has 2 aromatic rings. The molecule has 4 rings (SSSR count). The van der Waals surface area contributed by atoms with Crippen molar-refractivity contribution in [3.05, 3.63) is 64.7 Å². The van der Waals surface area contributed by atoms with Crippen molar-refractivity contribution in [2.75, 3.05) is 0 Å². The van der Waals surface area contributed by atoms with E-state index < -0.39 is 0 Å². The summed E-state index contributed by atoms with van der Waals surface area (Å²) in [7, 11) is 0. The van der Waals surface area contributed by atoms with Gasteiger partial charge in [0.2, 0.25) is 0 Å². The van der Waals surface area contributed by atoms with Crippen LogP contribution in [0, 0.1) is 0 Å². The Hall–Kier alpha value is -1.82. The van der Waals surface area contributed by atoms with Crippen molar-refractivity contribution >= 4 is 16.3 Å². The minimum absolute atomic E-state index is 1.14. The normalized spacial score (nSPS) is 17.7. The average Bonchev–Trinajstić information content (AvgIpc) is 2.76.